The van der Waals surface area contributed by atoms with Crippen molar-refractivity contribution in [1.29, 1.82) is 0 Å². The summed E-state index contributed by atoms with van der Waals surface area (Å²) < 4.78 is 5.92. The van der Waals surface area contributed by atoms with Crippen molar-refractivity contribution >= 4 is 28.5 Å². The molecule has 3 aromatic carbocycles. The summed E-state index contributed by atoms with van der Waals surface area (Å²) >= 11 is 6.10. The van der Waals surface area contributed by atoms with Gasteiger partial charge < -0.3 is 9.32 Å². The molecule has 1 aromatic heterocycles. The van der Waals surface area contributed by atoms with E-state index in [-0.39, 0.29) is 17.1 Å². The molecule has 0 unspecified atom stereocenters. The molecule has 1 atom stereocenters. The van der Waals surface area contributed by atoms with Crippen molar-refractivity contribution in [3.05, 3.63) is 117 Å². The summed E-state index contributed by atoms with van der Waals surface area (Å²) in [6.45, 7) is 0.375. The highest BCUT2D eigenvalue weighted by Crippen LogP contribution is 2.39. The SMILES string of the molecule is O=C1c2oc3ccc(Cl)cc3c(=O)c2[C@@H](c2ccccc2)N1Cc1ccccc1. The van der Waals surface area contributed by atoms with Crippen LogP contribution in [0.1, 0.15) is 33.3 Å². The Hall–Kier alpha value is -3.37. The second kappa shape index (κ2) is 6.90. The summed E-state index contributed by atoms with van der Waals surface area (Å²) in [4.78, 5) is 28.4. The Morgan fingerprint density at radius 2 is 1.59 bits per heavy atom. The maximum atomic E-state index is 13.4. The van der Waals surface area contributed by atoms with Crippen LogP contribution in [0.2, 0.25) is 5.02 Å². The molecule has 2 heterocycles. The largest absolute Gasteiger partial charge is 0.450 e. The Morgan fingerprint density at radius 1 is 0.897 bits per heavy atom. The number of carbonyl (C=O) groups is 1. The first-order valence-corrected chi connectivity index (χ1v) is 9.67. The summed E-state index contributed by atoms with van der Waals surface area (Å²) in [6, 6.07) is 23.6. The Balaban J connectivity index is 1.74. The second-order valence-corrected chi connectivity index (χ2v) is 7.48. The van der Waals surface area contributed by atoms with Crippen LogP contribution in [0, 0.1) is 0 Å². The molecule has 0 radical (unpaired) electrons. The van der Waals surface area contributed by atoms with E-state index in [1.165, 1.54) is 0 Å². The van der Waals surface area contributed by atoms with Crippen molar-refractivity contribution < 1.29 is 9.21 Å². The number of rotatable bonds is 3. The molecule has 0 saturated heterocycles. The number of carbonyl (C=O) groups excluding carboxylic acids is 1. The normalized spacial score (nSPS) is 15.7. The number of nitrogens with zero attached hydrogens (tertiary/aromatic N) is 1. The predicted molar refractivity (Wildman–Crippen MR) is 112 cm³/mol. The van der Waals surface area contributed by atoms with E-state index in [9.17, 15) is 9.59 Å². The molecule has 29 heavy (non-hydrogen) atoms. The van der Waals surface area contributed by atoms with Crippen molar-refractivity contribution in [2.45, 2.75) is 12.6 Å². The minimum atomic E-state index is -0.515. The Labute approximate surface area is 172 Å². The summed E-state index contributed by atoms with van der Waals surface area (Å²) in [6.07, 6.45) is 0. The van der Waals surface area contributed by atoms with Gasteiger partial charge in [0.2, 0.25) is 5.76 Å². The van der Waals surface area contributed by atoms with Gasteiger partial charge in [-0.25, -0.2) is 0 Å². The fourth-order valence-corrected chi connectivity index (χ4v) is 4.09. The average Bonchev–Trinajstić information content (AvgIpc) is 3.02. The third-order valence-corrected chi connectivity index (χ3v) is 5.47. The Morgan fingerprint density at radius 3 is 2.31 bits per heavy atom. The number of hydrogen-bond acceptors (Lipinski definition) is 3. The van der Waals surface area contributed by atoms with Gasteiger partial charge in [-0.1, -0.05) is 72.3 Å². The number of hydrogen-bond donors (Lipinski definition) is 0. The lowest BCUT2D eigenvalue weighted by molar-refractivity contribution is 0.0714. The van der Waals surface area contributed by atoms with E-state index in [0.29, 0.717) is 28.1 Å². The molecule has 0 fully saturated rings. The first-order chi connectivity index (χ1) is 14.1. The van der Waals surface area contributed by atoms with Crippen LogP contribution in [0.4, 0.5) is 0 Å². The van der Waals surface area contributed by atoms with Gasteiger partial charge in [0.25, 0.3) is 5.91 Å². The molecule has 0 saturated carbocycles. The standard InChI is InChI=1S/C24H16ClNO3/c25-17-11-12-19-18(13-17)22(27)20-21(16-9-5-2-6-10-16)26(24(28)23(20)29-19)14-15-7-3-1-4-8-15/h1-13,21H,14H2/t21-/m1/s1. The lowest BCUT2D eigenvalue weighted by Crippen LogP contribution is -2.29. The third kappa shape index (κ3) is 2.93. The molecular formula is C24H16ClNO3. The van der Waals surface area contributed by atoms with Crippen LogP contribution < -0.4 is 5.43 Å². The molecule has 1 aliphatic rings. The summed E-state index contributed by atoms with van der Waals surface area (Å²) in [5, 5.41) is 0.831. The lowest BCUT2D eigenvalue weighted by atomic mass is 9.98. The number of benzene rings is 3. The molecule has 142 valence electrons. The van der Waals surface area contributed by atoms with E-state index in [0.717, 1.165) is 11.1 Å². The smallest absolute Gasteiger partial charge is 0.291 e. The van der Waals surface area contributed by atoms with Crippen molar-refractivity contribution in [3.8, 4) is 0 Å². The predicted octanol–water partition coefficient (Wildman–Crippen LogP) is 5.19. The summed E-state index contributed by atoms with van der Waals surface area (Å²) in [7, 11) is 0. The van der Waals surface area contributed by atoms with Gasteiger partial charge in [0.05, 0.1) is 17.0 Å². The minimum absolute atomic E-state index is 0.106. The van der Waals surface area contributed by atoms with E-state index < -0.39 is 6.04 Å². The molecular weight excluding hydrogens is 386 g/mol. The molecule has 4 aromatic rings. The molecule has 0 aliphatic carbocycles. The van der Waals surface area contributed by atoms with Crippen molar-refractivity contribution in [2.24, 2.45) is 0 Å². The average molecular weight is 402 g/mol. The molecule has 1 aliphatic heterocycles. The Kier molecular flexibility index (Phi) is 4.22. The van der Waals surface area contributed by atoms with Gasteiger partial charge in [-0.3, -0.25) is 9.59 Å². The van der Waals surface area contributed by atoms with Gasteiger partial charge in [-0.15, -0.1) is 0 Å². The molecule has 0 bridgehead atoms. The van der Waals surface area contributed by atoms with Crippen LogP contribution in [0.25, 0.3) is 11.0 Å². The van der Waals surface area contributed by atoms with Gasteiger partial charge in [0.15, 0.2) is 5.43 Å². The van der Waals surface area contributed by atoms with E-state index in [1.54, 1.807) is 23.1 Å². The van der Waals surface area contributed by atoms with Crippen molar-refractivity contribution in [3.63, 3.8) is 0 Å². The third-order valence-electron chi connectivity index (χ3n) is 5.24. The van der Waals surface area contributed by atoms with Crippen molar-refractivity contribution in [1.82, 2.24) is 4.90 Å². The molecule has 5 heteroatoms. The topological polar surface area (TPSA) is 50.5 Å². The van der Waals surface area contributed by atoms with Crippen molar-refractivity contribution in [2.75, 3.05) is 0 Å². The zero-order valence-corrected chi connectivity index (χ0v) is 16.1. The van der Waals surface area contributed by atoms with Crippen LogP contribution >= 0.6 is 11.6 Å². The quantitative estimate of drug-likeness (QED) is 0.474. The van der Waals surface area contributed by atoms with Gasteiger partial charge >= 0.3 is 0 Å². The highest BCUT2D eigenvalue weighted by molar-refractivity contribution is 6.31. The van der Waals surface area contributed by atoms with E-state index in [1.807, 2.05) is 60.7 Å². The second-order valence-electron chi connectivity index (χ2n) is 7.05. The zero-order valence-electron chi connectivity index (χ0n) is 15.3. The monoisotopic (exact) mass is 401 g/mol. The summed E-state index contributed by atoms with van der Waals surface area (Å²) in [5.41, 5.74) is 2.35. The molecule has 0 spiro atoms. The lowest BCUT2D eigenvalue weighted by Gasteiger charge is -2.25. The Bertz CT molecular complexity index is 1280. The first-order valence-electron chi connectivity index (χ1n) is 9.29. The number of fused-ring (bicyclic) bond motifs is 2. The number of halogens is 1. The number of amides is 1. The minimum Gasteiger partial charge on any atom is -0.450 e. The van der Waals surface area contributed by atoms with Gasteiger partial charge in [-0.05, 0) is 29.3 Å². The van der Waals surface area contributed by atoms with Gasteiger partial charge in [-0.2, -0.15) is 0 Å². The fraction of sp³-hybridized carbons (Fsp3) is 0.0833. The van der Waals surface area contributed by atoms with Gasteiger partial charge in [0, 0.05) is 11.6 Å². The highest BCUT2D eigenvalue weighted by Gasteiger charge is 2.42. The first kappa shape index (κ1) is 17.7. The van der Waals surface area contributed by atoms with E-state index in [2.05, 4.69) is 0 Å². The van der Waals surface area contributed by atoms with Crippen LogP contribution in [0.5, 0.6) is 0 Å². The van der Waals surface area contributed by atoms with E-state index in [4.69, 9.17) is 16.0 Å². The molecule has 1 amide bonds. The van der Waals surface area contributed by atoms with Crippen LogP contribution in [-0.2, 0) is 6.54 Å². The van der Waals surface area contributed by atoms with Gasteiger partial charge in [0.1, 0.15) is 5.58 Å². The zero-order chi connectivity index (χ0) is 20.0. The molecule has 4 nitrogen and oxygen atoms in total. The van der Waals surface area contributed by atoms with Crippen LogP contribution in [0.15, 0.2) is 88.1 Å². The van der Waals surface area contributed by atoms with Crippen LogP contribution in [-0.4, -0.2) is 10.8 Å². The summed E-state index contributed by atoms with van der Waals surface area (Å²) in [5.74, 6) is -0.179. The maximum Gasteiger partial charge on any atom is 0.291 e. The van der Waals surface area contributed by atoms with Crippen LogP contribution in [0.3, 0.4) is 0 Å². The fourth-order valence-electron chi connectivity index (χ4n) is 3.92. The van der Waals surface area contributed by atoms with E-state index >= 15 is 0 Å². The molecule has 0 N–H and O–H groups in total. The molecule has 5 rings (SSSR count). The highest BCUT2D eigenvalue weighted by atomic mass is 35.5. The maximum absolute atomic E-state index is 13.4.